The molecular formula is C74H90ClF12N8O26P3. The molecule has 5 aromatic carbocycles. The van der Waals surface area contributed by atoms with Gasteiger partial charge in [-0.05, 0) is 133 Å². The Bertz CT molecular complexity index is 4960. The van der Waals surface area contributed by atoms with Crippen molar-refractivity contribution in [3.63, 3.8) is 0 Å². The molecule has 15 atom stereocenters. The van der Waals surface area contributed by atoms with E-state index in [9.17, 15) is 111 Å². The van der Waals surface area contributed by atoms with Crippen LogP contribution < -0.4 is 66.1 Å². The van der Waals surface area contributed by atoms with Crippen LogP contribution in [-0.4, -0.2) is 156 Å². The second-order valence-electron chi connectivity index (χ2n) is 27.7. The van der Waals surface area contributed by atoms with E-state index >= 15 is 4.39 Å². The van der Waals surface area contributed by atoms with Crippen molar-refractivity contribution in [1.82, 2.24) is 34.4 Å². The highest BCUT2D eigenvalue weighted by molar-refractivity contribution is 7.53. The molecule has 0 bridgehead atoms. The van der Waals surface area contributed by atoms with Crippen molar-refractivity contribution >= 4 is 59.5 Å². The van der Waals surface area contributed by atoms with Crippen molar-refractivity contribution in [2.24, 2.45) is 5.73 Å². The van der Waals surface area contributed by atoms with Crippen molar-refractivity contribution in [2.75, 3.05) is 13.2 Å². The van der Waals surface area contributed by atoms with Crippen molar-refractivity contribution in [3.05, 3.63) is 215 Å². The van der Waals surface area contributed by atoms with Crippen LogP contribution in [0.1, 0.15) is 109 Å². The van der Waals surface area contributed by atoms with Crippen LogP contribution in [0.5, 0.6) is 28.7 Å². The van der Waals surface area contributed by atoms with E-state index in [0.29, 0.717) is 0 Å². The fourth-order valence-corrected chi connectivity index (χ4v) is 14.5. The number of alkyl halides is 2. The molecule has 0 spiro atoms. The molecule has 0 saturated carbocycles. The van der Waals surface area contributed by atoms with E-state index in [1.54, 1.807) is 65.0 Å². The number of nitrogens with one attached hydrogen (secondary N) is 5. The predicted octanol–water partition coefficient (Wildman–Crippen LogP) is 10.6. The van der Waals surface area contributed by atoms with E-state index in [0.717, 1.165) is 47.5 Å². The quantitative estimate of drug-likeness (QED) is 0.00504. The summed E-state index contributed by atoms with van der Waals surface area (Å²) >= 11 is 0. The molecule has 0 radical (unpaired) electrons. The van der Waals surface area contributed by atoms with Gasteiger partial charge in [0.05, 0.1) is 37.6 Å². The molecule has 2 aromatic heterocycles. The molecular weight excluding hydrogens is 1770 g/mol. The van der Waals surface area contributed by atoms with E-state index in [2.05, 4.69) is 24.3 Å². The van der Waals surface area contributed by atoms with Crippen LogP contribution in [0.4, 0.5) is 52.7 Å². The van der Waals surface area contributed by atoms with Crippen molar-refractivity contribution < 1.29 is 156 Å². The number of aliphatic hydroxyl groups is 3. The number of aromatic nitrogens is 4. The summed E-state index contributed by atoms with van der Waals surface area (Å²) in [6.07, 6.45) is -8.39. The maximum absolute atomic E-state index is 15.4. The lowest BCUT2D eigenvalue weighted by Gasteiger charge is -2.25. The molecule has 3 unspecified atom stereocenters. The van der Waals surface area contributed by atoms with Crippen LogP contribution in [0, 0.1) is 58.2 Å². The van der Waals surface area contributed by atoms with Gasteiger partial charge < -0.3 is 72.1 Å². The molecule has 688 valence electrons. The molecule has 9 rings (SSSR count). The summed E-state index contributed by atoms with van der Waals surface area (Å²) < 4.78 is 268. The highest BCUT2D eigenvalue weighted by Crippen LogP contribution is 2.51. The first kappa shape index (κ1) is 106. The van der Waals surface area contributed by atoms with Gasteiger partial charge in [-0.2, -0.15) is 32.8 Å². The first-order valence-electron chi connectivity index (χ1n) is 36.4. The number of ether oxygens (including phenoxy) is 6. The van der Waals surface area contributed by atoms with Crippen LogP contribution in [-0.2, 0) is 65.8 Å². The minimum absolute atomic E-state index is 0. The Balaban J connectivity index is 0.000000340. The summed E-state index contributed by atoms with van der Waals surface area (Å²) in [6.45, 7) is 19.2. The number of rotatable bonds is 30. The number of hydrogen-bond acceptors (Lipinski definition) is 27. The lowest BCUT2D eigenvalue weighted by atomic mass is 9.98. The number of nitrogens with zero attached hydrogens (tertiary/aromatic N) is 2. The zero-order valence-corrected chi connectivity index (χ0v) is 71.5. The minimum atomic E-state index is -4.91. The van der Waals surface area contributed by atoms with Crippen molar-refractivity contribution in [2.45, 2.75) is 194 Å². The zero-order chi connectivity index (χ0) is 92.9. The van der Waals surface area contributed by atoms with Gasteiger partial charge in [0.25, 0.3) is 11.1 Å². The number of aromatic amines is 2. The molecule has 2 aliphatic rings. The summed E-state index contributed by atoms with van der Waals surface area (Å²) in [6, 6.07) is 19.7. The molecule has 34 nitrogen and oxygen atoms in total. The lowest BCUT2D eigenvalue weighted by Crippen LogP contribution is -2.43. The van der Waals surface area contributed by atoms with Crippen LogP contribution in [0.15, 0.2) is 135 Å². The number of halogens is 13. The summed E-state index contributed by atoms with van der Waals surface area (Å²) in [5.41, 5.74) is -2.62. The minimum Gasteiger partial charge on any atom is -0.462 e. The van der Waals surface area contributed by atoms with Gasteiger partial charge in [0.15, 0.2) is 23.8 Å². The van der Waals surface area contributed by atoms with Gasteiger partial charge in [0, 0.05) is 24.5 Å². The molecule has 2 aliphatic heterocycles. The van der Waals surface area contributed by atoms with Crippen molar-refractivity contribution in [3.8, 4) is 28.7 Å². The fraction of sp³-hybridized carbons (Fsp3) is 0.432. The van der Waals surface area contributed by atoms with E-state index in [4.69, 9.17) is 57.4 Å². The number of para-hydroxylation sites is 3. The molecule has 10 N–H and O–H groups in total. The van der Waals surface area contributed by atoms with Gasteiger partial charge >= 0.3 is 58.5 Å². The molecule has 0 amide bonds. The lowest BCUT2D eigenvalue weighted by molar-refractivity contribution is -0.150. The summed E-state index contributed by atoms with van der Waals surface area (Å²) in [7, 11) is -14.1. The number of benzene rings is 5. The molecule has 2 saturated heterocycles. The largest absolute Gasteiger partial charge is 0.513 e. The molecule has 7 aromatic rings. The maximum Gasteiger partial charge on any atom is 0.513 e. The first-order valence-corrected chi connectivity index (χ1v) is 41.1. The van der Waals surface area contributed by atoms with E-state index < -0.39 is 237 Å². The Labute approximate surface area is 704 Å². The zero-order valence-electron chi connectivity index (χ0n) is 68.0. The van der Waals surface area contributed by atoms with E-state index in [-0.39, 0.29) is 41.7 Å². The summed E-state index contributed by atoms with van der Waals surface area (Å²) in [5.74, 6) is -30.2. The van der Waals surface area contributed by atoms with Crippen LogP contribution >= 0.6 is 35.6 Å². The third-order valence-corrected chi connectivity index (χ3v) is 20.6. The number of carbonyl (C=O) groups excluding carboxylic acids is 4. The Morgan fingerprint density at radius 1 is 0.444 bits per heavy atom. The molecule has 4 heterocycles. The Kier molecular flexibility index (Phi) is 39.8. The van der Waals surface area contributed by atoms with Gasteiger partial charge in [-0.1, -0.05) is 54.6 Å². The van der Waals surface area contributed by atoms with Gasteiger partial charge in [0.2, 0.25) is 69.7 Å². The standard InChI is InChI=1S/C22H29FN3O9P.2C18H17F5NO5P.C10H13FN2O5.C6H13NO2.ClH/c1-13(2)33-19(29)14(3)25-36(31,35-15-8-6-5-7-9-15)32-12-16-18(28)22(4,23)20(34-16)26-11-10-17(27)24-21(26)30;2*1-9(2)27-18(25)10(3)24-30(26,28-11-7-5-4-6-8-11)29-17-15(22)13(20)12(19)14(21)16(17)23;1-10(11)7(16)5(4-14)18-8(10)13-3-2-6(15)12-9(13)17;1-4(2)9-6(8)5(3)7;/h5-11,13-14,16,18,20,28H,12H2,1-4H3,(H,25,31)(H,24,27,30);2*4-10H,1-3H3,(H,24,26);2-3,5,7-8,14,16H,4H2,1H3,(H,12,15,17);4-5H,7H2,1-3H3;1H/t14-,16-,18-,20-,22-,36-;2*10-,30?;5-,7-,8?,10-;5-;/m11111./s1. The Morgan fingerprint density at radius 2 is 0.710 bits per heavy atom. The molecule has 0 aliphatic carbocycles. The Hall–Kier alpha value is -9.92. The van der Waals surface area contributed by atoms with Gasteiger partial charge in [-0.15, -0.1) is 12.4 Å². The topological polar surface area (TPSA) is 463 Å². The maximum atomic E-state index is 15.4. The van der Waals surface area contributed by atoms with Crippen molar-refractivity contribution in [1.29, 1.82) is 0 Å². The molecule has 124 heavy (non-hydrogen) atoms. The number of aliphatic hydroxyl groups excluding tert-OH is 3. The highest BCUT2D eigenvalue weighted by Gasteiger charge is 2.57. The smallest absolute Gasteiger partial charge is 0.462 e. The summed E-state index contributed by atoms with van der Waals surface area (Å²) in [5, 5.41) is 35.8. The predicted molar refractivity (Wildman–Crippen MR) is 416 cm³/mol. The number of nitrogens with two attached hydrogens (primary N) is 1. The molecule has 50 heteroatoms. The first-order chi connectivity index (χ1) is 57.1. The fourth-order valence-electron chi connectivity index (χ4n) is 9.98. The second kappa shape index (κ2) is 46.3. The van der Waals surface area contributed by atoms with Crippen LogP contribution in [0.3, 0.4) is 0 Å². The molecule has 2 fully saturated rings. The highest BCUT2D eigenvalue weighted by atomic mass is 35.5. The van der Waals surface area contributed by atoms with Crippen LogP contribution in [0.25, 0.3) is 0 Å². The number of hydrogen-bond donors (Lipinski definition) is 9. The summed E-state index contributed by atoms with van der Waals surface area (Å²) in [4.78, 5) is 96.7. The average molecular weight is 1860 g/mol. The third kappa shape index (κ3) is 29.6. The van der Waals surface area contributed by atoms with E-state index in [1.165, 1.54) is 109 Å². The van der Waals surface area contributed by atoms with Gasteiger partial charge in [-0.25, -0.2) is 58.4 Å². The SMILES string of the molecule is CC(C)OC(=O)[C@@H](C)N.CC(C)OC(=O)[C@@H](C)NP(=O)(Oc1ccccc1)Oc1c(F)c(F)c(F)c(F)c1F.CC(C)OC(=O)[C@@H](C)NP(=O)(Oc1ccccc1)Oc1c(F)c(F)c(F)c(F)c1F.CC(C)OC(=O)[C@@H](C)N[P@@](=O)(OC[C@H]1O[C@@H](n2ccc(=O)[nH]c2=O)[C@](C)(F)[C@@H]1O)Oc1ccccc1.C[C@]1(F)C(n2ccc(=O)[nH]c2=O)O[C@H](CO)[C@H]1O.Cl. The third-order valence-electron chi connectivity index (χ3n) is 15.8. The van der Waals surface area contributed by atoms with Gasteiger partial charge in [-0.3, -0.25) is 52.4 Å². The second-order valence-corrected chi connectivity index (χ2v) is 32.7. The van der Waals surface area contributed by atoms with E-state index in [1.807, 2.05) is 9.97 Å². The number of esters is 4. The monoisotopic (exact) mass is 1860 g/mol. The Morgan fingerprint density at radius 3 is 0.976 bits per heavy atom. The number of carbonyl (C=O) groups is 4. The average Bonchev–Trinajstić information content (AvgIpc) is 1.62. The normalized spacial score (nSPS) is 20.7. The van der Waals surface area contributed by atoms with Gasteiger partial charge in [0.1, 0.15) is 65.8 Å². The number of H-pyrrole nitrogens is 2. The van der Waals surface area contributed by atoms with Crippen LogP contribution in [0.2, 0.25) is 0 Å².